The summed E-state index contributed by atoms with van der Waals surface area (Å²) in [6.07, 6.45) is 6.38. The van der Waals surface area contributed by atoms with Crippen molar-refractivity contribution in [2.24, 2.45) is 0 Å². The number of H-pyrrole nitrogens is 1. The molecule has 1 aliphatic heterocycles. The van der Waals surface area contributed by atoms with Crippen molar-refractivity contribution in [1.82, 2.24) is 25.0 Å². The second kappa shape index (κ2) is 6.27. The third kappa shape index (κ3) is 3.01. The zero-order valence-corrected chi connectivity index (χ0v) is 13.0. The fourth-order valence-corrected chi connectivity index (χ4v) is 2.98. The van der Waals surface area contributed by atoms with E-state index >= 15 is 0 Å². The number of hydrogen-bond acceptors (Lipinski definition) is 4. The molecule has 1 aliphatic rings. The van der Waals surface area contributed by atoms with Crippen LogP contribution in [0, 0.1) is 0 Å². The van der Waals surface area contributed by atoms with Crippen molar-refractivity contribution in [1.29, 1.82) is 0 Å². The molecular weight excluding hydrogens is 278 g/mol. The first-order chi connectivity index (χ1) is 10.6. The highest BCUT2D eigenvalue weighted by Crippen LogP contribution is 2.29. The average Bonchev–Trinajstić information content (AvgIpc) is 3.16. The lowest BCUT2D eigenvalue weighted by molar-refractivity contribution is 0.0826. The normalized spacial score (nSPS) is 18.5. The molecule has 3 heterocycles. The third-order valence-electron chi connectivity index (χ3n) is 4.12. The summed E-state index contributed by atoms with van der Waals surface area (Å²) in [4.78, 5) is 20.3. The summed E-state index contributed by atoms with van der Waals surface area (Å²) in [6.45, 7) is 2.86. The van der Waals surface area contributed by atoms with Gasteiger partial charge in [-0.25, -0.2) is 0 Å². The van der Waals surface area contributed by atoms with Crippen LogP contribution in [0.4, 0.5) is 0 Å². The van der Waals surface area contributed by atoms with E-state index in [1.54, 1.807) is 31.4 Å². The molecule has 1 N–H and O–H groups in total. The zero-order valence-electron chi connectivity index (χ0n) is 13.0. The van der Waals surface area contributed by atoms with Gasteiger partial charge in [0.05, 0.1) is 17.5 Å². The maximum absolute atomic E-state index is 12.2. The van der Waals surface area contributed by atoms with Gasteiger partial charge in [-0.15, -0.1) is 0 Å². The predicted molar refractivity (Wildman–Crippen MR) is 83.5 cm³/mol. The summed E-state index contributed by atoms with van der Waals surface area (Å²) in [5.74, 6) is 0.340. The Morgan fingerprint density at radius 2 is 2.32 bits per heavy atom. The van der Waals surface area contributed by atoms with Crippen LogP contribution in [-0.4, -0.2) is 58.1 Å². The molecule has 1 atom stereocenters. The van der Waals surface area contributed by atoms with Gasteiger partial charge >= 0.3 is 0 Å². The van der Waals surface area contributed by atoms with Gasteiger partial charge in [-0.3, -0.25) is 19.8 Å². The van der Waals surface area contributed by atoms with E-state index in [0.29, 0.717) is 11.5 Å². The minimum atomic E-state index is 0.00876. The minimum Gasteiger partial charge on any atom is -0.345 e. The van der Waals surface area contributed by atoms with E-state index in [4.69, 9.17) is 0 Å². The number of carbonyl (C=O) groups excluding carboxylic acids is 1. The van der Waals surface area contributed by atoms with Crippen molar-refractivity contribution in [3.63, 3.8) is 0 Å². The Balaban J connectivity index is 1.68. The number of amides is 1. The first-order valence-electron chi connectivity index (χ1n) is 7.51. The van der Waals surface area contributed by atoms with E-state index < -0.39 is 0 Å². The highest BCUT2D eigenvalue weighted by Gasteiger charge is 2.29. The highest BCUT2D eigenvalue weighted by atomic mass is 16.2. The van der Waals surface area contributed by atoms with E-state index in [0.717, 1.165) is 31.7 Å². The monoisotopic (exact) mass is 299 g/mol. The molecule has 0 bridgehead atoms. The molecule has 1 fully saturated rings. The first-order valence-corrected chi connectivity index (χ1v) is 7.51. The lowest BCUT2D eigenvalue weighted by atomic mass is 10.0. The van der Waals surface area contributed by atoms with Crippen LogP contribution in [-0.2, 0) is 6.54 Å². The molecule has 2 aromatic heterocycles. The van der Waals surface area contributed by atoms with Crippen LogP contribution >= 0.6 is 0 Å². The van der Waals surface area contributed by atoms with Crippen LogP contribution in [0.5, 0.6) is 0 Å². The van der Waals surface area contributed by atoms with Crippen molar-refractivity contribution in [2.45, 2.75) is 18.9 Å². The lowest BCUT2D eigenvalue weighted by Crippen LogP contribution is -2.24. The SMILES string of the molecule is CN(C)C(=O)c1cn[nH]c1C1CCN(Cc2cccnc2)C1. The Bertz CT molecular complexity index is 637. The van der Waals surface area contributed by atoms with Gasteiger partial charge in [0.2, 0.25) is 0 Å². The number of pyridine rings is 1. The fourth-order valence-electron chi connectivity index (χ4n) is 2.98. The van der Waals surface area contributed by atoms with Gasteiger partial charge in [-0.2, -0.15) is 5.10 Å². The van der Waals surface area contributed by atoms with Crippen LogP contribution in [0.25, 0.3) is 0 Å². The molecule has 1 saturated heterocycles. The Morgan fingerprint density at radius 3 is 3.05 bits per heavy atom. The molecule has 6 heteroatoms. The molecular formula is C16H21N5O. The number of likely N-dealkylation sites (tertiary alicyclic amines) is 1. The summed E-state index contributed by atoms with van der Waals surface area (Å²) in [7, 11) is 3.53. The summed E-state index contributed by atoms with van der Waals surface area (Å²) in [5.41, 5.74) is 2.88. The number of carbonyl (C=O) groups is 1. The van der Waals surface area contributed by atoms with Crippen molar-refractivity contribution in [2.75, 3.05) is 27.2 Å². The number of hydrogen-bond donors (Lipinski definition) is 1. The number of aromatic nitrogens is 3. The van der Waals surface area contributed by atoms with E-state index in [1.807, 2.05) is 12.3 Å². The quantitative estimate of drug-likeness (QED) is 0.929. The zero-order chi connectivity index (χ0) is 15.5. The number of nitrogens with zero attached hydrogens (tertiary/aromatic N) is 4. The van der Waals surface area contributed by atoms with Gasteiger partial charge in [0.25, 0.3) is 5.91 Å². The number of nitrogens with one attached hydrogen (secondary N) is 1. The second-order valence-electron chi connectivity index (χ2n) is 5.98. The van der Waals surface area contributed by atoms with Crippen LogP contribution < -0.4 is 0 Å². The standard InChI is InChI=1S/C16H21N5O/c1-20(2)16(22)14-9-18-19-15(14)13-5-7-21(11-13)10-12-4-3-6-17-8-12/h3-4,6,8-9,13H,5,7,10-11H2,1-2H3,(H,18,19). The van der Waals surface area contributed by atoms with Crippen LogP contribution in [0.1, 0.15) is 34.0 Å². The van der Waals surface area contributed by atoms with Crippen molar-refractivity contribution < 1.29 is 4.79 Å². The van der Waals surface area contributed by atoms with Crippen molar-refractivity contribution in [3.05, 3.63) is 47.5 Å². The first kappa shape index (κ1) is 14.7. The molecule has 1 unspecified atom stereocenters. The summed E-state index contributed by atoms with van der Waals surface area (Å²) in [6, 6.07) is 4.06. The fraction of sp³-hybridized carbons (Fsp3) is 0.438. The van der Waals surface area contributed by atoms with Gasteiger partial charge in [0.1, 0.15) is 0 Å². The Hall–Kier alpha value is -2.21. The third-order valence-corrected chi connectivity index (χ3v) is 4.12. The van der Waals surface area contributed by atoms with Crippen molar-refractivity contribution >= 4 is 5.91 Å². The number of aromatic amines is 1. The molecule has 1 amide bonds. The maximum atomic E-state index is 12.2. The molecule has 6 nitrogen and oxygen atoms in total. The Labute approximate surface area is 130 Å². The molecule has 0 saturated carbocycles. The van der Waals surface area contributed by atoms with E-state index in [1.165, 1.54) is 5.56 Å². The average molecular weight is 299 g/mol. The van der Waals surface area contributed by atoms with Crippen LogP contribution in [0.15, 0.2) is 30.7 Å². The topological polar surface area (TPSA) is 65.1 Å². The molecule has 0 spiro atoms. The largest absolute Gasteiger partial charge is 0.345 e. The molecule has 0 aromatic carbocycles. The number of rotatable bonds is 4. The second-order valence-corrected chi connectivity index (χ2v) is 5.98. The molecule has 22 heavy (non-hydrogen) atoms. The minimum absolute atomic E-state index is 0.00876. The summed E-state index contributed by atoms with van der Waals surface area (Å²) in [5, 5.41) is 7.11. The van der Waals surface area contributed by atoms with E-state index in [-0.39, 0.29) is 5.91 Å². The van der Waals surface area contributed by atoms with Gasteiger partial charge in [-0.05, 0) is 24.6 Å². The van der Waals surface area contributed by atoms with Gasteiger partial charge in [0.15, 0.2) is 0 Å². The Kier molecular flexibility index (Phi) is 4.20. The van der Waals surface area contributed by atoms with Crippen molar-refractivity contribution in [3.8, 4) is 0 Å². The Morgan fingerprint density at radius 1 is 1.45 bits per heavy atom. The van der Waals surface area contributed by atoms with Gasteiger partial charge in [-0.1, -0.05) is 6.07 Å². The molecule has 0 aliphatic carbocycles. The molecule has 116 valence electrons. The van der Waals surface area contributed by atoms with Crippen LogP contribution in [0.3, 0.4) is 0 Å². The summed E-state index contributed by atoms with van der Waals surface area (Å²) < 4.78 is 0. The van der Waals surface area contributed by atoms with Crippen LogP contribution in [0.2, 0.25) is 0 Å². The molecule has 0 radical (unpaired) electrons. The van der Waals surface area contributed by atoms with E-state index in [9.17, 15) is 4.79 Å². The lowest BCUT2D eigenvalue weighted by Gasteiger charge is -2.16. The summed E-state index contributed by atoms with van der Waals surface area (Å²) >= 11 is 0. The highest BCUT2D eigenvalue weighted by molar-refractivity contribution is 5.94. The molecule has 3 rings (SSSR count). The molecule has 2 aromatic rings. The van der Waals surface area contributed by atoms with Gasteiger partial charge in [0, 0.05) is 45.5 Å². The maximum Gasteiger partial charge on any atom is 0.256 e. The predicted octanol–water partition coefficient (Wildman–Crippen LogP) is 1.50. The smallest absolute Gasteiger partial charge is 0.256 e. The van der Waals surface area contributed by atoms with E-state index in [2.05, 4.69) is 26.1 Å². The van der Waals surface area contributed by atoms with Gasteiger partial charge < -0.3 is 4.90 Å².